The lowest BCUT2D eigenvalue weighted by Gasteiger charge is -2.29. The van der Waals surface area contributed by atoms with E-state index in [9.17, 15) is 5.11 Å². The zero-order valence-electron chi connectivity index (χ0n) is 16.9. The van der Waals surface area contributed by atoms with Crippen LogP contribution < -0.4 is 4.74 Å². The van der Waals surface area contributed by atoms with Crippen LogP contribution in [0.2, 0.25) is 0 Å². The Balaban J connectivity index is 2.61. The van der Waals surface area contributed by atoms with Gasteiger partial charge in [0, 0.05) is 11.5 Å². The molecule has 0 fully saturated rings. The van der Waals surface area contributed by atoms with Crippen LogP contribution in [-0.2, 0) is 10.8 Å². The number of hydrogen-bond donors (Lipinski definition) is 1. The van der Waals surface area contributed by atoms with Crippen molar-refractivity contribution in [2.75, 3.05) is 7.11 Å². The van der Waals surface area contributed by atoms with Crippen LogP contribution in [0.25, 0.3) is 0 Å². The number of methoxy groups -OCH3 is 1. The number of hydrogen-bond acceptors (Lipinski definition) is 2. The summed E-state index contributed by atoms with van der Waals surface area (Å²) in [4.78, 5) is 0. The van der Waals surface area contributed by atoms with Crippen LogP contribution in [0.4, 0.5) is 0 Å². The van der Waals surface area contributed by atoms with E-state index >= 15 is 0 Å². The Morgan fingerprint density at radius 2 is 1.44 bits per heavy atom. The fourth-order valence-electron chi connectivity index (χ4n) is 3.06. The lowest BCUT2D eigenvalue weighted by atomic mass is 9.77. The molecule has 0 amide bonds. The molecule has 0 radical (unpaired) electrons. The molecule has 0 heterocycles. The Kier molecular flexibility index (Phi) is 5.22. The molecule has 2 aromatic carbocycles. The van der Waals surface area contributed by atoms with Gasteiger partial charge in [-0.15, -0.1) is 0 Å². The zero-order valence-corrected chi connectivity index (χ0v) is 16.9. The largest absolute Gasteiger partial charge is 0.507 e. The highest BCUT2D eigenvalue weighted by atomic mass is 16.5. The van der Waals surface area contributed by atoms with Gasteiger partial charge in [0.1, 0.15) is 11.5 Å². The van der Waals surface area contributed by atoms with Crippen molar-refractivity contribution >= 4 is 0 Å². The Hall–Kier alpha value is -1.96. The van der Waals surface area contributed by atoms with Gasteiger partial charge in [-0.1, -0.05) is 72.7 Å². The number of ether oxygens (including phenoxy) is 1. The molecule has 1 atom stereocenters. The number of rotatable bonds is 3. The highest BCUT2D eigenvalue weighted by Crippen LogP contribution is 2.42. The summed E-state index contributed by atoms with van der Waals surface area (Å²) in [5, 5.41) is 11.0. The number of phenols is 1. The van der Waals surface area contributed by atoms with Crippen molar-refractivity contribution < 1.29 is 9.84 Å². The Bertz CT molecular complexity index is 728. The number of phenolic OH excluding ortho intramolecular Hbond substituents is 1. The van der Waals surface area contributed by atoms with Crippen LogP contribution in [0, 0.1) is 0 Å². The molecular weight excluding hydrogens is 308 g/mol. The maximum Gasteiger partial charge on any atom is 0.123 e. The minimum Gasteiger partial charge on any atom is -0.507 e. The second-order valence-electron chi connectivity index (χ2n) is 8.96. The van der Waals surface area contributed by atoms with E-state index in [1.54, 1.807) is 7.11 Å². The number of aromatic hydroxyl groups is 1. The standard InChI is InChI=1S/C23H32O2/c1-15(16-9-11-18(25-8)12-10-16)19-13-17(22(2,3)4)14-20(21(19)24)23(5,6)7/h9-15,24H,1-8H3/t15-/m0/s1. The molecule has 0 aromatic heterocycles. The van der Waals surface area contributed by atoms with Gasteiger partial charge in [-0.3, -0.25) is 0 Å². The van der Waals surface area contributed by atoms with Gasteiger partial charge >= 0.3 is 0 Å². The van der Waals surface area contributed by atoms with Crippen LogP contribution in [0.5, 0.6) is 11.5 Å². The number of benzene rings is 2. The van der Waals surface area contributed by atoms with Crippen molar-refractivity contribution in [2.24, 2.45) is 0 Å². The fraction of sp³-hybridized carbons (Fsp3) is 0.478. The average molecular weight is 341 g/mol. The molecule has 2 rings (SSSR count). The van der Waals surface area contributed by atoms with Crippen LogP contribution >= 0.6 is 0 Å². The molecule has 25 heavy (non-hydrogen) atoms. The summed E-state index contributed by atoms with van der Waals surface area (Å²) in [5.74, 6) is 1.37. The Labute approximate surface area is 152 Å². The maximum atomic E-state index is 11.0. The third kappa shape index (κ3) is 4.18. The third-order valence-corrected chi connectivity index (χ3v) is 4.90. The molecule has 2 heteroatoms. The topological polar surface area (TPSA) is 29.5 Å². The van der Waals surface area contributed by atoms with Crippen molar-refractivity contribution in [1.82, 2.24) is 0 Å². The first kappa shape index (κ1) is 19.4. The van der Waals surface area contributed by atoms with Crippen LogP contribution in [-0.4, -0.2) is 12.2 Å². The van der Waals surface area contributed by atoms with E-state index in [4.69, 9.17) is 4.74 Å². The molecule has 0 unspecified atom stereocenters. The third-order valence-electron chi connectivity index (χ3n) is 4.90. The monoisotopic (exact) mass is 340 g/mol. The van der Waals surface area contributed by atoms with E-state index in [1.165, 1.54) is 11.1 Å². The molecule has 2 aromatic rings. The van der Waals surface area contributed by atoms with Crippen LogP contribution in [0.1, 0.15) is 76.6 Å². The second-order valence-corrected chi connectivity index (χ2v) is 8.96. The van der Waals surface area contributed by atoms with Crippen molar-refractivity contribution in [2.45, 2.75) is 65.2 Å². The van der Waals surface area contributed by atoms with Gasteiger partial charge in [-0.25, -0.2) is 0 Å². The van der Waals surface area contributed by atoms with E-state index in [0.29, 0.717) is 5.75 Å². The molecule has 0 aliphatic carbocycles. The molecule has 0 saturated carbocycles. The zero-order chi connectivity index (χ0) is 19.0. The van der Waals surface area contributed by atoms with E-state index in [2.05, 4.69) is 72.7 Å². The highest BCUT2D eigenvalue weighted by Gasteiger charge is 2.27. The van der Waals surface area contributed by atoms with Gasteiger partial charge in [0.2, 0.25) is 0 Å². The first-order valence-electron chi connectivity index (χ1n) is 8.97. The summed E-state index contributed by atoms with van der Waals surface area (Å²) in [7, 11) is 1.67. The lowest BCUT2D eigenvalue weighted by Crippen LogP contribution is -2.18. The maximum absolute atomic E-state index is 11.0. The van der Waals surface area contributed by atoms with Crippen LogP contribution in [0.15, 0.2) is 36.4 Å². The molecule has 0 aliphatic rings. The minimum absolute atomic E-state index is 0.0298. The summed E-state index contributed by atoms with van der Waals surface area (Å²) in [6.07, 6.45) is 0. The minimum atomic E-state index is -0.111. The van der Waals surface area contributed by atoms with Gasteiger partial charge in [0.25, 0.3) is 0 Å². The predicted molar refractivity (Wildman–Crippen MR) is 106 cm³/mol. The summed E-state index contributed by atoms with van der Waals surface area (Å²) in [6.45, 7) is 15.2. The van der Waals surface area contributed by atoms with Gasteiger partial charge in [0.05, 0.1) is 7.11 Å². The van der Waals surface area contributed by atoms with Crippen molar-refractivity contribution in [3.05, 3.63) is 58.7 Å². The first-order chi connectivity index (χ1) is 11.4. The quantitative estimate of drug-likeness (QED) is 0.726. The molecule has 136 valence electrons. The average Bonchev–Trinajstić information content (AvgIpc) is 2.52. The summed E-state index contributed by atoms with van der Waals surface area (Å²) in [6, 6.07) is 12.4. The molecule has 2 nitrogen and oxygen atoms in total. The molecule has 0 aliphatic heterocycles. The summed E-state index contributed by atoms with van der Waals surface area (Å²) in [5.41, 5.74) is 4.34. The van der Waals surface area contributed by atoms with E-state index in [-0.39, 0.29) is 16.7 Å². The van der Waals surface area contributed by atoms with E-state index in [0.717, 1.165) is 16.9 Å². The predicted octanol–water partition coefficient (Wildman–Crippen LogP) is 6.15. The molecule has 1 N–H and O–H groups in total. The van der Waals surface area contributed by atoms with Crippen LogP contribution in [0.3, 0.4) is 0 Å². The van der Waals surface area contributed by atoms with Gasteiger partial charge in [-0.2, -0.15) is 0 Å². The Morgan fingerprint density at radius 3 is 1.88 bits per heavy atom. The fourth-order valence-corrected chi connectivity index (χ4v) is 3.06. The van der Waals surface area contributed by atoms with Gasteiger partial charge < -0.3 is 9.84 Å². The summed E-state index contributed by atoms with van der Waals surface area (Å²) < 4.78 is 5.26. The lowest BCUT2D eigenvalue weighted by molar-refractivity contribution is 0.414. The van der Waals surface area contributed by atoms with Crippen molar-refractivity contribution in [3.8, 4) is 11.5 Å². The van der Waals surface area contributed by atoms with Crippen molar-refractivity contribution in [3.63, 3.8) is 0 Å². The molecular formula is C23H32O2. The van der Waals surface area contributed by atoms with Gasteiger partial charge in [-0.05, 0) is 39.7 Å². The molecule has 0 saturated heterocycles. The van der Waals surface area contributed by atoms with Crippen molar-refractivity contribution in [1.29, 1.82) is 0 Å². The molecule has 0 spiro atoms. The van der Waals surface area contributed by atoms with E-state index < -0.39 is 0 Å². The van der Waals surface area contributed by atoms with E-state index in [1.807, 2.05) is 12.1 Å². The SMILES string of the molecule is COc1ccc([C@H](C)c2cc(C(C)(C)C)cc(C(C)(C)C)c2O)cc1. The Morgan fingerprint density at radius 1 is 0.880 bits per heavy atom. The smallest absolute Gasteiger partial charge is 0.123 e. The first-order valence-corrected chi connectivity index (χ1v) is 8.97. The van der Waals surface area contributed by atoms with Gasteiger partial charge in [0.15, 0.2) is 0 Å². The normalized spacial score (nSPS) is 13.6. The molecule has 0 bridgehead atoms. The summed E-state index contributed by atoms with van der Waals surface area (Å²) >= 11 is 0. The second kappa shape index (κ2) is 6.74. The highest BCUT2D eigenvalue weighted by molar-refractivity contribution is 5.52.